The molecule has 1 aliphatic carbocycles. The number of aromatic nitrogens is 4. The van der Waals surface area contributed by atoms with Crippen molar-refractivity contribution in [2.75, 3.05) is 19.7 Å². The van der Waals surface area contributed by atoms with Crippen LogP contribution in [0.2, 0.25) is 0 Å². The Hall–Kier alpha value is -6.40. The Morgan fingerprint density at radius 3 is 2.23 bits per heavy atom. The molecule has 0 bridgehead atoms. The predicted molar refractivity (Wildman–Crippen MR) is 198 cm³/mol. The number of hydrogen-bond donors (Lipinski definition) is 0. The van der Waals surface area contributed by atoms with Crippen molar-refractivity contribution in [3.63, 3.8) is 0 Å². The first-order valence-corrected chi connectivity index (χ1v) is 17.6. The van der Waals surface area contributed by atoms with Gasteiger partial charge in [0.15, 0.2) is 11.6 Å². The second-order valence-corrected chi connectivity index (χ2v) is 13.4. The standard InChI is InChI=1S/C43H36N6O3/c44-24-30-7-5-9-32(21-30)40-15-16-41(50)49(47-40)27-31-8-6-10-33(22-31)43-45-25-34(26-46-43)52-28-29-17-19-48(20-18-29)42(51)23-39-37-13-3-1-11-35(37)36-12-2-4-14-38(36)39/h1-16,21-22,25-26,29,39H,17-20,23,27-28H2. The van der Waals surface area contributed by atoms with Gasteiger partial charge in [0.2, 0.25) is 5.91 Å². The van der Waals surface area contributed by atoms with Crippen LogP contribution in [-0.4, -0.2) is 50.3 Å². The smallest absolute Gasteiger partial charge is 0.267 e. The molecule has 0 spiro atoms. The fourth-order valence-electron chi connectivity index (χ4n) is 7.33. The van der Waals surface area contributed by atoms with Crippen molar-refractivity contribution in [3.05, 3.63) is 154 Å². The van der Waals surface area contributed by atoms with Crippen LogP contribution in [0.1, 0.15) is 47.4 Å². The summed E-state index contributed by atoms with van der Waals surface area (Å²) in [7, 11) is 0. The monoisotopic (exact) mass is 684 g/mol. The van der Waals surface area contributed by atoms with Gasteiger partial charge < -0.3 is 9.64 Å². The molecule has 1 saturated heterocycles. The van der Waals surface area contributed by atoms with Gasteiger partial charge in [-0.05, 0) is 70.8 Å². The number of likely N-dealkylation sites (tertiary alicyclic amines) is 1. The third kappa shape index (κ3) is 6.83. The van der Waals surface area contributed by atoms with Gasteiger partial charge >= 0.3 is 0 Å². The second kappa shape index (κ2) is 14.4. The number of benzene rings is 4. The highest BCUT2D eigenvalue weighted by atomic mass is 16.5. The van der Waals surface area contributed by atoms with E-state index in [1.165, 1.54) is 33.0 Å². The second-order valence-electron chi connectivity index (χ2n) is 13.4. The van der Waals surface area contributed by atoms with Gasteiger partial charge in [0.1, 0.15) is 0 Å². The first-order valence-electron chi connectivity index (χ1n) is 17.6. The molecule has 0 saturated carbocycles. The van der Waals surface area contributed by atoms with E-state index in [9.17, 15) is 14.9 Å². The Morgan fingerprint density at radius 2 is 1.50 bits per heavy atom. The van der Waals surface area contributed by atoms with Crippen molar-refractivity contribution < 1.29 is 9.53 Å². The van der Waals surface area contributed by atoms with Crippen molar-refractivity contribution in [1.29, 1.82) is 5.26 Å². The molecule has 1 amide bonds. The number of nitrogens with zero attached hydrogens (tertiary/aromatic N) is 6. The lowest BCUT2D eigenvalue weighted by atomic mass is 9.92. The molecule has 0 unspecified atom stereocenters. The summed E-state index contributed by atoms with van der Waals surface area (Å²) >= 11 is 0. The number of fused-ring (bicyclic) bond motifs is 3. The van der Waals surface area contributed by atoms with E-state index in [1.807, 2.05) is 35.2 Å². The maximum absolute atomic E-state index is 13.5. The Kier molecular flexibility index (Phi) is 9.11. The average Bonchev–Trinajstić information content (AvgIpc) is 3.51. The van der Waals surface area contributed by atoms with Crippen LogP contribution in [0.3, 0.4) is 0 Å². The molecular weight excluding hydrogens is 649 g/mol. The first kappa shape index (κ1) is 32.8. The molecule has 3 heterocycles. The zero-order chi connectivity index (χ0) is 35.4. The highest BCUT2D eigenvalue weighted by molar-refractivity contribution is 5.84. The molecular formula is C43H36N6O3. The normalized spacial score (nSPS) is 14.0. The lowest BCUT2D eigenvalue weighted by Gasteiger charge is -2.32. The molecule has 6 aromatic rings. The predicted octanol–water partition coefficient (Wildman–Crippen LogP) is 7.11. The van der Waals surface area contributed by atoms with Crippen molar-refractivity contribution in [2.24, 2.45) is 5.92 Å². The van der Waals surface area contributed by atoms with Crippen LogP contribution < -0.4 is 10.3 Å². The Labute approximate surface area is 301 Å². The van der Waals surface area contributed by atoms with E-state index in [0.29, 0.717) is 41.8 Å². The zero-order valence-corrected chi connectivity index (χ0v) is 28.6. The van der Waals surface area contributed by atoms with Crippen molar-refractivity contribution in [2.45, 2.75) is 31.7 Å². The molecule has 0 N–H and O–H groups in total. The van der Waals surface area contributed by atoms with Crippen LogP contribution in [-0.2, 0) is 11.3 Å². The molecule has 0 radical (unpaired) electrons. The van der Waals surface area contributed by atoms with E-state index in [0.717, 1.165) is 42.6 Å². The van der Waals surface area contributed by atoms with E-state index < -0.39 is 0 Å². The maximum Gasteiger partial charge on any atom is 0.267 e. The molecule has 2 aliphatic rings. The lowest BCUT2D eigenvalue weighted by molar-refractivity contribution is -0.132. The third-order valence-electron chi connectivity index (χ3n) is 10.1. The SMILES string of the molecule is N#Cc1cccc(-c2ccc(=O)n(Cc3cccc(-c4ncc(OCC5CCN(C(=O)CC6c7ccccc7-c7ccccc76)CC5)cn4)c3)n2)c1. The van der Waals surface area contributed by atoms with Crippen LogP contribution in [0.25, 0.3) is 33.8 Å². The topological polar surface area (TPSA) is 114 Å². The van der Waals surface area contributed by atoms with Gasteiger partial charge in [0, 0.05) is 42.6 Å². The van der Waals surface area contributed by atoms with Crippen molar-refractivity contribution in [1.82, 2.24) is 24.6 Å². The van der Waals surface area contributed by atoms with Gasteiger partial charge in [0.25, 0.3) is 5.56 Å². The number of nitriles is 1. The summed E-state index contributed by atoms with van der Waals surface area (Å²) in [5.74, 6) is 1.81. The van der Waals surface area contributed by atoms with Gasteiger partial charge in [0.05, 0.1) is 42.9 Å². The minimum Gasteiger partial charge on any atom is -0.490 e. The van der Waals surface area contributed by atoms with E-state index in [2.05, 4.69) is 69.7 Å². The van der Waals surface area contributed by atoms with Crippen molar-refractivity contribution in [3.8, 4) is 45.6 Å². The lowest BCUT2D eigenvalue weighted by Crippen LogP contribution is -2.40. The molecule has 256 valence electrons. The van der Waals surface area contributed by atoms with Crippen molar-refractivity contribution >= 4 is 5.91 Å². The summed E-state index contributed by atoms with van der Waals surface area (Å²) in [5, 5.41) is 13.8. The summed E-state index contributed by atoms with van der Waals surface area (Å²) < 4.78 is 7.52. The highest BCUT2D eigenvalue weighted by Gasteiger charge is 2.32. The minimum atomic E-state index is -0.220. The molecule has 4 aromatic carbocycles. The first-order chi connectivity index (χ1) is 25.5. The number of ether oxygens (including phenoxy) is 1. The molecule has 8 rings (SSSR count). The largest absolute Gasteiger partial charge is 0.490 e. The van der Waals surface area contributed by atoms with Gasteiger partial charge in [-0.2, -0.15) is 10.4 Å². The number of amides is 1. The Bertz CT molecular complexity index is 2310. The fraction of sp³-hybridized carbons (Fsp3) is 0.209. The van der Waals surface area contributed by atoms with Crippen LogP contribution in [0.4, 0.5) is 0 Å². The van der Waals surface area contributed by atoms with Crippen LogP contribution in [0, 0.1) is 17.2 Å². The van der Waals surface area contributed by atoms with E-state index in [1.54, 1.807) is 36.7 Å². The number of carbonyl (C=O) groups is 1. The summed E-state index contributed by atoms with van der Waals surface area (Å²) in [6, 6.07) is 37.1. The molecule has 2 aromatic heterocycles. The molecule has 9 nitrogen and oxygen atoms in total. The van der Waals surface area contributed by atoms with E-state index >= 15 is 0 Å². The van der Waals surface area contributed by atoms with Crippen LogP contribution in [0.15, 0.2) is 126 Å². The van der Waals surface area contributed by atoms with Gasteiger partial charge in [-0.3, -0.25) is 9.59 Å². The highest BCUT2D eigenvalue weighted by Crippen LogP contribution is 2.46. The van der Waals surface area contributed by atoms with Gasteiger partial charge in [-0.1, -0.05) is 78.9 Å². The zero-order valence-electron chi connectivity index (χ0n) is 28.6. The van der Waals surface area contributed by atoms with E-state index in [-0.39, 0.29) is 23.9 Å². The molecule has 0 atom stereocenters. The minimum absolute atomic E-state index is 0.102. The number of rotatable bonds is 9. The number of piperidine rings is 1. The number of carbonyl (C=O) groups excluding carboxylic acids is 1. The molecule has 52 heavy (non-hydrogen) atoms. The molecule has 9 heteroatoms. The fourth-order valence-corrected chi connectivity index (χ4v) is 7.33. The third-order valence-corrected chi connectivity index (χ3v) is 10.1. The van der Waals surface area contributed by atoms with Crippen LogP contribution in [0.5, 0.6) is 5.75 Å². The molecule has 1 fully saturated rings. The summed E-state index contributed by atoms with van der Waals surface area (Å²) in [6.07, 6.45) is 5.65. The van der Waals surface area contributed by atoms with Gasteiger partial charge in [-0.25, -0.2) is 14.6 Å². The summed E-state index contributed by atoms with van der Waals surface area (Å²) in [4.78, 5) is 37.3. The molecule has 1 aliphatic heterocycles. The van der Waals surface area contributed by atoms with Gasteiger partial charge in [-0.15, -0.1) is 0 Å². The maximum atomic E-state index is 13.5. The summed E-state index contributed by atoms with van der Waals surface area (Å²) in [5.41, 5.74) is 8.37. The average molecular weight is 685 g/mol. The Morgan fingerprint density at radius 1 is 0.808 bits per heavy atom. The Balaban J connectivity index is 0.847. The van der Waals surface area contributed by atoms with Crippen LogP contribution >= 0.6 is 0 Å². The summed E-state index contributed by atoms with van der Waals surface area (Å²) in [6.45, 7) is 2.28. The number of hydrogen-bond acceptors (Lipinski definition) is 7. The van der Waals surface area contributed by atoms with E-state index in [4.69, 9.17) is 4.74 Å². The quantitative estimate of drug-likeness (QED) is 0.160.